The zero-order valence-electron chi connectivity index (χ0n) is 6.77. The summed E-state index contributed by atoms with van der Waals surface area (Å²) in [4.78, 5) is 9.82. The molecule has 0 radical (unpaired) electrons. The fraction of sp³-hybridized carbons (Fsp3) is 0.429. The molecule has 0 aliphatic carbocycles. The summed E-state index contributed by atoms with van der Waals surface area (Å²) in [5.41, 5.74) is 6.20. The molecule has 1 rings (SSSR count). The number of nitrogens with zero attached hydrogens (tertiary/aromatic N) is 1. The van der Waals surface area contributed by atoms with Gasteiger partial charge < -0.3 is 5.73 Å². The average Bonchev–Trinajstić information content (AvgIpc) is 2.52. The van der Waals surface area contributed by atoms with E-state index in [1.165, 1.54) is 6.07 Å². The summed E-state index contributed by atoms with van der Waals surface area (Å²) in [6, 6.07) is 0.959. The van der Waals surface area contributed by atoms with Crippen molar-refractivity contribution < 1.29 is 9.31 Å². The fourth-order valence-corrected chi connectivity index (χ4v) is 1.70. The van der Waals surface area contributed by atoms with Gasteiger partial charge in [-0.3, -0.25) is 14.5 Å². The molecule has 1 aromatic rings. The smallest absolute Gasteiger partial charge is 0.324 e. The van der Waals surface area contributed by atoms with Crippen molar-refractivity contribution in [3.63, 3.8) is 0 Å². The third-order valence-corrected chi connectivity index (χ3v) is 2.53. The molecule has 0 unspecified atom stereocenters. The van der Waals surface area contributed by atoms with Crippen LogP contribution in [-0.4, -0.2) is 11.6 Å². The SMILES string of the molecule is N[C@@H](CCF)c1csc([N+](=O)[O-])c1. The number of halogens is 1. The van der Waals surface area contributed by atoms with Crippen LogP contribution in [0.1, 0.15) is 18.0 Å². The molecule has 6 heteroatoms. The molecule has 0 saturated heterocycles. The monoisotopic (exact) mass is 204 g/mol. The van der Waals surface area contributed by atoms with Gasteiger partial charge in [-0.15, -0.1) is 0 Å². The number of thiophene rings is 1. The van der Waals surface area contributed by atoms with Crippen molar-refractivity contribution in [2.45, 2.75) is 12.5 Å². The summed E-state index contributed by atoms with van der Waals surface area (Å²) in [7, 11) is 0. The molecule has 1 aromatic heterocycles. The van der Waals surface area contributed by atoms with Crippen LogP contribution in [-0.2, 0) is 0 Å². The molecule has 0 spiro atoms. The number of nitrogens with two attached hydrogens (primary N) is 1. The second kappa shape index (κ2) is 4.29. The third kappa shape index (κ3) is 2.46. The van der Waals surface area contributed by atoms with Crippen molar-refractivity contribution in [3.8, 4) is 0 Å². The second-order valence-corrected chi connectivity index (χ2v) is 3.45. The normalized spacial score (nSPS) is 12.8. The van der Waals surface area contributed by atoms with E-state index in [9.17, 15) is 14.5 Å². The van der Waals surface area contributed by atoms with Crippen molar-refractivity contribution in [1.82, 2.24) is 0 Å². The first-order chi connectivity index (χ1) is 6.15. The fourth-order valence-electron chi connectivity index (χ4n) is 0.913. The van der Waals surface area contributed by atoms with Crippen LogP contribution in [0.4, 0.5) is 9.39 Å². The summed E-state index contributed by atoms with van der Waals surface area (Å²) in [5.74, 6) is 0. The van der Waals surface area contributed by atoms with Crippen LogP contribution in [0.3, 0.4) is 0 Å². The van der Waals surface area contributed by atoms with E-state index in [1.807, 2.05) is 0 Å². The second-order valence-electron chi connectivity index (χ2n) is 2.56. The molecule has 0 bridgehead atoms. The minimum absolute atomic E-state index is 0.0457. The van der Waals surface area contributed by atoms with Crippen molar-refractivity contribution in [2.75, 3.05) is 6.67 Å². The van der Waals surface area contributed by atoms with E-state index in [2.05, 4.69) is 0 Å². The molecule has 0 aliphatic rings. The molecule has 13 heavy (non-hydrogen) atoms. The standard InChI is InChI=1S/C7H9FN2O2S/c8-2-1-6(9)5-3-7(10(11)12)13-4-5/h3-4,6H,1-2,9H2/t6-/m0/s1. The maximum Gasteiger partial charge on any atom is 0.324 e. The first-order valence-electron chi connectivity index (χ1n) is 3.69. The van der Waals surface area contributed by atoms with E-state index in [0.717, 1.165) is 11.3 Å². The minimum atomic E-state index is -0.509. The zero-order valence-corrected chi connectivity index (χ0v) is 7.59. The molecule has 1 heterocycles. The van der Waals surface area contributed by atoms with Crippen LogP contribution in [0.25, 0.3) is 0 Å². The first-order valence-corrected chi connectivity index (χ1v) is 4.57. The van der Waals surface area contributed by atoms with E-state index in [0.29, 0.717) is 5.56 Å². The minimum Gasteiger partial charge on any atom is -0.324 e. The highest BCUT2D eigenvalue weighted by Crippen LogP contribution is 2.27. The Morgan fingerprint density at radius 3 is 2.92 bits per heavy atom. The van der Waals surface area contributed by atoms with Crippen LogP contribution in [0.2, 0.25) is 0 Å². The Hall–Kier alpha value is -1.01. The molecule has 1 atom stereocenters. The summed E-state index contributed by atoms with van der Waals surface area (Å²) in [5, 5.41) is 11.9. The maximum absolute atomic E-state index is 11.9. The molecular formula is C7H9FN2O2S. The molecule has 0 saturated carbocycles. The van der Waals surface area contributed by atoms with Gasteiger partial charge in [-0.2, -0.15) is 0 Å². The molecule has 0 amide bonds. The predicted molar refractivity (Wildman–Crippen MR) is 48.5 cm³/mol. The Kier molecular flexibility index (Phi) is 3.32. The Balaban J connectivity index is 2.73. The van der Waals surface area contributed by atoms with Gasteiger partial charge >= 0.3 is 5.00 Å². The lowest BCUT2D eigenvalue weighted by atomic mass is 10.1. The average molecular weight is 204 g/mol. The molecule has 4 nitrogen and oxygen atoms in total. The van der Waals surface area contributed by atoms with Gasteiger partial charge in [-0.25, -0.2) is 0 Å². The van der Waals surface area contributed by atoms with E-state index in [1.54, 1.807) is 5.38 Å². The van der Waals surface area contributed by atoms with E-state index in [-0.39, 0.29) is 11.4 Å². The highest BCUT2D eigenvalue weighted by Gasteiger charge is 2.13. The first kappa shape index (κ1) is 10.1. The Labute approximate surface area is 78.3 Å². The van der Waals surface area contributed by atoms with Crippen LogP contribution in [0.5, 0.6) is 0 Å². The van der Waals surface area contributed by atoms with Crippen molar-refractivity contribution in [2.24, 2.45) is 5.73 Å². The maximum atomic E-state index is 11.9. The number of rotatable bonds is 4. The molecular weight excluding hydrogens is 195 g/mol. The highest BCUT2D eigenvalue weighted by molar-refractivity contribution is 7.13. The number of hydrogen-bond acceptors (Lipinski definition) is 4. The molecule has 0 aliphatic heterocycles. The lowest BCUT2D eigenvalue weighted by molar-refractivity contribution is -0.380. The number of alkyl halides is 1. The molecule has 72 valence electrons. The highest BCUT2D eigenvalue weighted by atomic mass is 32.1. The molecule has 0 aromatic carbocycles. The van der Waals surface area contributed by atoms with Crippen LogP contribution < -0.4 is 5.73 Å². The summed E-state index contributed by atoms with van der Waals surface area (Å²) >= 11 is 1.01. The van der Waals surface area contributed by atoms with Gasteiger partial charge in [0.1, 0.15) is 0 Å². The lowest BCUT2D eigenvalue weighted by Crippen LogP contribution is -2.09. The van der Waals surface area contributed by atoms with Gasteiger partial charge in [-0.1, -0.05) is 11.3 Å². The van der Waals surface area contributed by atoms with Crippen LogP contribution in [0.15, 0.2) is 11.4 Å². The molecule has 0 fully saturated rings. The Bertz CT molecular complexity index is 302. The Morgan fingerprint density at radius 2 is 2.46 bits per heavy atom. The summed E-state index contributed by atoms with van der Waals surface area (Å²) in [6.07, 6.45) is 0.202. The van der Waals surface area contributed by atoms with Gasteiger partial charge in [-0.05, 0) is 12.0 Å². The summed E-state index contributed by atoms with van der Waals surface area (Å²) in [6.45, 7) is -0.509. The summed E-state index contributed by atoms with van der Waals surface area (Å²) < 4.78 is 11.9. The van der Waals surface area contributed by atoms with Crippen molar-refractivity contribution in [1.29, 1.82) is 0 Å². The third-order valence-electron chi connectivity index (χ3n) is 1.63. The topological polar surface area (TPSA) is 69.2 Å². The molecule has 2 N–H and O–H groups in total. The predicted octanol–water partition coefficient (Wildman–Crippen LogP) is 2.02. The van der Waals surface area contributed by atoms with Crippen LogP contribution >= 0.6 is 11.3 Å². The van der Waals surface area contributed by atoms with Gasteiger partial charge in [0.25, 0.3) is 0 Å². The quantitative estimate of drug-likeness (QED) is 0.602. The van der Waals surface area contributed by atoms with E-state index >= 15 is 0 Å². The van der Waals surface area contributed by atoms with E-state index in [4.69, 9.17) is 5.73 Å². The largest absolute Gasteiger partial charge is 0.324 e. The van der Waals surface area contributed by atoms with E-state index < -0.39 is 17.6 Å². The lowest BCUT2D eigenvalue weighted by Gasteiger charge is -2.04. The number of nitro groups is 1. The zero-order chi connectivity index (χ0) is 9.84. The number of hydrogen-bond donors (Lipinski definition) is 1. The van der Waals surface area contributed by atoms with Crippen LogP contribution in [0, 0.1) is 10.1 Å². The Morgan fingerprint density at radius 1 is 1.77 bits per heavy atom. The van der Waals surface area contributed by atoms with Gasteiger partial charge in [0.15, 0.2) is 0 Å². The van der Waals surface area contributed by atoms with Gasteiger partial charge in [0.2, 0.25) is 0 Å². The van der Waals surface area contributed by atoms with Gasteiger partial charge in [0, 0.05) is 17.5 Å². The van der Waals surface area contributed by atoms with Crippen molar-refractivity contribution >= 4 is 16.3 Å². The van der Waals surface area contributed by atoms with Crippen molar-refractivity contribution in [3.05, 3.63) is 27.1 Å². The van der Waals surface area contributed by atoms with Gasteiger partial charge in [0.05, 0.1) is 11.6 Å².